The lowest BCUT2D eigenvalue weighted by Gasteiger charge is -2.38. The summed E-state index contributed by atoms with van der Waals surface area (Å²) in [4.78, 5) is 2.29. The first-order chi connectivity index (χ1) is 9.39. The van der Waals surface area contributed by atoms with Crippen LogP contribution in [-0.4, -0.2) is 31.6 Å². The molecule has 1 aromatic rings. The molecule has 2 rings (SSSR count). The molecule has 1 N–H and O–H groups in total. The first-order valence-electron chi connectivity index (χ1n) is 6.92. The summed E-state index contributed by atoms with van der Waals surface area (Å²) in [6.45, 7) is 5.28. The molecule has 5 heteroatoms. The van der Waals surface area contributed by atoms with Gasteiger partial charge in [-0.2, -0.15) is 0 Å². The molecule has 0 atom stereocenters. The first-order valence-corrected chi connectivity index (χ1v) is 6.92. The van der Waals surface area contributed by atoms with Gasteiger partial charge in [-0.25, -0.2) is 13.2 Å². The van der Waals surface area contributed by atoms with E-state index in [0.29, 0.717) is 6.07 Å². The minimum absolute atomic E-state index is 0.167. The van der Waals surface area contributed by atoms with Gasteiger partial charge in [0.2, 0.25) is 0 Å². The van der Waals surface area contributed by atoms with Crippen LogP contribution in [0.2, 0.25) is 0 Å². The number of nitrogens with zero attached hydrogens (tertiary/aromatic N) is 1. The van der Waals surface area contributed by atoms with Gasteiger partial charge in [0.15, 0.2) is 11.6 Å². The molecule has 0 aromatic heterocycles. The summed E-state index contributed by atoms with van der Waals surface area (Å²) in [6, 6.07) is 1.53. The Bertz CT molecular complexity index is 468. The molecule has 1 fully saturated rings. The Hall–Kier alpha value is -1.07. The second-order valence-electron chi connectivity index (χ2n) is 6.08. The van der Waals surface area contributed by atoms with Crippen molar-refractivity contribution in [1.82, 2.24) is 10.2 Å². The van der Waals surface area contributed by atoms with Crippen LogP contribution in [0, 0.1) is 22.9 Å². The summed E-state index contributed by atoms with van der Waals surface area (Å²) >= 11 is 0. The fourth-order valence-electron chi connectivity index (χ4n) is 2.53. The van der Waals surface area contributed by atoms with Gasteiger partial charge < -0.3 is 10.2 Å². The molecule has 0 spiro atoms. The van der Waals surface area contributed by atoms with Crippen molar-refractivity contribution >= 4 is 0 Å². The van der Waals surface area contributed by atoms with Gasteiger partial charge in [0.05, 0.1) is 0 Å². The third-order valence-electron chi connectivity index (χ3n) is 4.15. The van der Waals surface area contributed by atoms with Crippen molar-refractivity contribution in [3.05, 3.63) is 35.1 Å². The van der Waals surface area contributed by atoms with Gasteiger partial charge in [0, 0.05) is 24.7 Å². The van der Waals surface area contributed by atoms with Crippen molar-refractivity contribution in [1.29, 1.82) is 0 Å². The zero-order valence-electron chi connectivity index (χ0n) is 12.0. The van der Waals surface area contributed by atoms with E-state index in [2.05, 4.69) is 24.2 Å². The molecule has 20 heavy (non-hydrogen) atoms. The quantitative estimate of drug-likeness (QED) is 0.856. The molecule has 1 aliphatic heterocycles. The van der Waals surface area contributed by atoms with Gasteiger partial charge in [-0.3, -0.25) is 0 Å². The van der Waals surface area contributed by atoms with Crippen LogP contribution >= 0.6 is 0 Å². The average Bonchev–Trinajstić information content (AvgIpc) is 2.39. The van der Waals surface area contributed by atoms with Crippen molar-refractivity contribution in [2.75, 3.05) is 26.7 Å². The molecule has 1 aromatic carbocycles. The number of hydrogen-bond acceptors (Lipinski definition) is 2. The highest BCUT2D eigenvalue weighted by atomic mass is 19.2. The number of nitrogens with one attached hydrogen (secondary N) is 1. The lowest BCUT2D eigenvalue weighted by Crippen LogP contribution is -2.41. The first kappa shape index (κ1) is 15.3. The Balaban J connectivity index is 1.88. The molecule has 0 unspecified atom stereocenters. The van der Waals surface area contributed by atoms with E-state index in [1.807, 2.05) is 0 Å². The molecule has 1 aliphatic rings. The third kappa shape index (κ3) is 3.73. The van der Waals surface area contributed by atoms with Gasteiger partial charge in [0.25, 0.3) is 0 Å². The Labute approximate surface area is 118 Å². The lowest BCUT2D eigenvalue weighted by atomic mass is 9.80. The molecule has 2 nitrogen and oxygen atoms in total. The number of hydrogen-bond donors (Lipinski definition) is 1. The lowest BCUT2D eigenvalue weighted by molar-refractivity contribution is 0.136. The van der Waals surface area contributed by atoms with E-state index in [1.54, 1.807) is 0 Å². The second kappa shape index (κ2) is 6.14. The van der Waals surface area contributed by atoms with Gasteiger partial charge in [-0.1, -0.05) is 6.92 Å². The minimum atomic E-state index is -1.14. The normalized spacial score (nSPS) is 19.2. The number of piperidine rings is 1. The van der Waals surface area contributed by atoms with E-state index in [9.17, 15) is 13.2 Å². The van der Waals surface area contributed by atoms with Crippen molar-refractivity contribution in [2.45, 2.75) is 26.3 Å². The molecule has 112 valence electrons. The molecular formula is C15H21F3N2. The van der Waals surface area contributed by atoms with Crippen LogP contribution in [0.1, 0.15) is 25.3 Å². The van der Waals surface area contributed by atoms with E-state index in [0.717, 1.165) is 38.5 Å². The van der Waals surface area contributed by atoms with Gasteiger partial charge in [-0.05, 0) is 44.5 Å². The Morgan fingerprint density at radius 2 is 1.70 bits per heavy atom. The maximum absolute atomic E-state index is 13.5. The molecule has 0 aliphatic carbocycles. The van der Waals surface area contributed by atoms with Crippen molar-refractivity contribution in [3.63, 3.8) is 0 Å². The number of rotatable bonds is 4. The van der Waals surface area contributed by atoms with Crippen LogP contribution in [0.4, 0.5) is 13.2 Å². The summed E-state index contributed by atoms with van der Waals surface area (Å²) < 4.78 is 39.4. The Morgan fingerprint density at radius 3 is 2.35 bits per heavy atom. The van der Waals surface area contributed by atoms with Gasteiger partial charge >= 0.3 is 0 Å². The van der Waals surface area contributed by atoms with E-state index < -0.39 is 17.5 Å². The predicted octanol–water partition coefficient (Wildman–Crippen LogP) is 2.93. The zero-order chi connectivity index (χ0) is 14.8. The standard InChI is InChI=1S/C15H21F3N2/c1-15(3-5-20(2)6-4-15)10-19-9-11-7-13(17)14(18)8-12(11)16/h7-8,19H,3-6,9-10H2,1-2H3. The number of likely N-dealkylation sites (tertiary alicyclic amines) is 1. The molecule has 1 heterocycles. The maximum atomic E-state index is 13.5. The van der Waals surface area contributed by atoms with Crippen LogP contribution in [0.15, 0.2) is 12.1 Å². The average molecular weight is 286 g/mol. The van der Waals surface area contributed by atoms with Crippen LogP contribution in [-0.2, 0) is 6.54 Å². The summed E-state index contributed by atoms with van der Waals surface area (Å²) in [5, 5.41) is 3.17. The molecule has 0 bridgehead atoms. The highest BCUT2D eigenvalue weighted by molar-refractivity contribution is 5.19. The van der Waals surface area contributed by atoms with Crippen LogP contribution < -0.4 is 5.32 Å². The van der Waals surface area contributed by atoms with Crippen LogP contribution in [0.25, 0.3) is 0 Å². The third-order valence-corrected chi connectivity index (χ3v) is 4.15. The van der Waals surface area contributed by atoms with E-state index in [-0.39, 0.29) is 17.5 Å². The highest BCUT2D eigenvalue weighted by Gasteiger charge is 2.28. The summed E-state index contributed by atoms with van der Waals surface area (Å²) in [5.74, 6) is -2.85. The van der Waals surface area contributed by atoms with E-state index >= 15 is 0 Å². The fourth-order valence-corrected chi connectivity index (χ4v) is 2.53. The Kier molecular flexibility index (Phi) is 4.70. The molecule has 1 saturated heterocycles. The summed E-state index contributed by atoms with van der Waals surface area (Å²) in [6.07, 6.45) is 2.16. The highest BCUT2D eigenvalue weighted by Crippen LogP contribution is 2.29. The summed E-state index contributed by atoms with van der Waals surface area (Å²) in [7, 11) is 2.10. The van der Waals surface area contributed by atoms with Crippen LogP contribution in [0.5, 0.6) is 0 Å². The fraction of sp³-hybridized carbons (Fsp3) is 0.600. The van der Waals surface area contributed by atoms with Crippen molar-refractivity contribution < 1.29 is 13.2 Å². The number of benzene rings is 1. The number of halogens is 3. The SMILES string of the molecule is CN1CCC(C)(CNCc2cc(F)c(F)cc2F)CC1. The smallest absolute Gasteiger partial charge is 0.161 e. The van der Waals surface area contributed by atoms with Gasteiger partial charge in [-0.15, -0.1) is 0 Å². The van der Waals surface area contributed by atoms with E-state index in [1.165, 1.54) is 0 Å². The molecule has 0 saturated carbocycles. The second-order valence-corrected chi connectivity index (χ2v) is 6.08. The largest absolute Gasteiger partial charge is 0.312 e. The minimum Gasteiger partial charge on any atom is -0.312 e. The molecule has 0 radical (unpaired) electrons. The van der Waals surface area contributed by atoms with Gasteiger partial charge in [0.1, 0.15) is 5.82 Å². The maximum Gasteiger partial charge on any atom is 0.161 e. The van der Waals surface area contributed by atoms with Crippen LogP contribution in [0.3, 0.4) is 0 Å². The molecular weight excluding hydrogens is 265 g/mol. The summed E-state index contributed by atoms with van der Waals surface area (Å²) in [5.41, 5.74) is 0.349. The van der Waals surface area contributed by atoms with E-state index in [4.69, 9.17) is 0 Å². The van der Waals surface area contributed by atoms with Crippen molar-refractivity contribution in [3.8, 4) is 0 Å². The van der Waals surface area contributed by atoms with Crippen molar-refractivity contribution in [2.24, 2.45) is 5.41 Å². The molecule has 0 amide bonds. The Morgan fingerprint density at radius 1 is 1.10 bits per heavy atom. The topological polar surface area (TPSA) is 15.3 Å². The predicted molar refractivity (Wildman–Crippen MR) is 72.9 cm³/mol. The monoisotopic (exact) mass is 286 g/mol. The zero-order valence-corrected chi connectivity index (χ0v) is 12.0.